The van der Waals surface area contributed by atoms with Gasteiger partial charge in [-0.2, -0.15) is 0 Å². The number of carbonyl (C=O) groups excluding carboxylic acids is 2. The molecule has 2 amide bonds. The lowest BCUT2D eigenvalue weighted by Crippen LogP contribution is -2.31. The Kier molecular flexibility index (Phi) is 5.71. The van der Waals surface area contributed by atoms with E-state index in [2.05, 4.69) is 0 Å². The van der Waals surface area contributed by atoms with E-state index in [4.69, 9.17) is 4.74 Å². The quantitative estimate of drug-likeness (QED) is 0.678. The molecule has 140 valence electrons. The molecule has 0 aromatic heterocycles. The van der Waals surface area contributed by atoms with Crippen LogP contribution in [0.25, 0.3) is 5.57 Å². The van der Waals surface area contributed by atoms with Crippen LogP contribution >= 0.6 is 11.8 Å². The van der Waals surface area contributed by atoms with Crippen molar-refractivity contribution in [2.45, 2.75) is 27.7 Å². The van der Waals surface area contributed by atoms with Gasteiger partial charge >= 0.3 is 0 Å². The second-order valence-corrected chi connectivity index (χ2v) is 7.58. The molecule has 27 heavy (non-hydrogen) atoms. The number of hydrogen-bond acceptors (Lipinski definition) is 4. The molecule has 0 N–H and O–H groups in total. The van der Waals surface area contributed by atoms with Gasteiger partial charge in [-0.05, 0) is 67.5 Å². The molecule has 3 rings (SSSR count). The number of carbonyl (C=O) groups is 2. The van der Waals surface area contributed by atoms with Gasteiger partial charge in [-0.3, -0.25) is 9.59 Å². The van der Waals surface area contributed by atoms with E-state index in [-0.39, 0.29) is 11.8 Å². The average Bonchev–Trinajstić information content (AvgIpc) is 2.89. The third-order valence-electron chi connectivity index (χ3n) is 4.53. The minimum Gasteiger partial charge on any atom is -0.494 e. The van der Waals surface area contributed by atoms with Crippen molar-refractivity contribution < 1.29 is 14.3 Å². The van der Waals surface area contributed by atoms with E-state index in [0.717, 1.165) is 28.2 Å². The molecule has 0 atom stereocenters. The number of imide groups is 1. The van der Waals surface area contributed by atoms with Gasteiger partial charge in [-0.1, -0.05) is 25.1 Å². The molecule has 0 aliphatic carbocycles. The minimum atomic E-state index is -0.275. The van der Waals surface area contributed by atoms with Crippen LogP contribution in [0, 0.1) is 13.8 Å². The highest BCUT2D eigenvalue weighted by atomic mass is 32.2. The minimum absolute atomic E-state index is 0.251. The third-order valence-corrected chi connectivity index (χ3v) is 5.49. The van der Waals surface area contributed by atoms with Crippen LogP contribution in [0.3, 0.4) is 0 Å². The Hall–Kier alpha value is -2.53. The second kappa shape index (κ2) is 8.01. The molecule has 0 spiro atoms. The summed E-state index contributed by atoms with van der Waals surface area (Å²) in [6.07, 6.45) is 0. The largest absolute Gasteiger partial charge is 0.494 e. The number of nitrogens with zero attached hydrogens (tertiary/aromatic N) is 1. The maximum absolute atomic E-state index is 13.2. The predicted octanol–water partition coefficient (Wildman–Crippen LogP) is 4.74. The van der Waals surface area contributed by atoms with Crippen LogP contribution in [0.2, 0.25) is 0 Å². The Balaban J connectivity index is 2.03. The molecular weight excluding hydrogens is 358 g/mol. The molecule has 2 aromatic carbocycles. The summed E-state index contributed by atoms with van der Waals surface area (Å²) in [5, 5.41) is 0. The van der Waals surface area contributed by atoms with Crippen molar-refractivity contribution >= 4 is 34.8 Å². The summed E-state index contributed by atoms with van der Waals surface area (Å²) < 4.78 is 5.48. The summed E-state index contributed by atoms with van der Waals surface area (Å²) in [7, 11) is 0. The van der Waals surface area contributed by atoms with Crippen molar-refractivity contribution in [2.24, 2.45) is 0 Å². The number of benzene rings is 2. The summed E-state index contributed by atoms with van der Waals surface area (Å²) >= 11 is 1.41. The number of thioether (sulfide) groups is 1. The van der Waals surface area contributed by atoms with E-state index in [1.54, 1.807) is 0 Å². The van der Waals surface area contributed by atoms with E-state index in [1.807, 2.05) is 70.2 Å². The summed E-state index contributed by atoms with van der Waals surface area (Å²) in [5.41, 5.74) is 3.99. The first-order valence-corrected chi connectivity index (χ1v) is 10.0. The molecule has 0 bridgehead atoms. The Morgan fingerprint density at radius 2 is 1.63 bits per heavy atom. The van der Waals surface area contributed by atoms with Gasteiger partial charge in [0.15, 0.2) is 0 Å². The molecular formula is C22H23NO3S. The third kappa shape index (κ3) is 3.65. The number of aryl methyl sites for hydroxylation is 2. The molecule has 2 aromatic rings. The van der Waals surface area contributed by atoms with Gasteiger partial charge in [-0.15, -0.1) is 11.8 Å². The molecule has 0 unspecified atom stereocenters. The van der Waals surface area contributed by atoms with E-state index in [1.165, 1.54) is 16.7 Å². The summed E-state index contributed by atoms with van der Waals surface area (Å²) in [6.45, 7) is 8.47. The van der Waals surface area contributed by atoms with Gasteiger partial charge in [-0.25, -0.2) is 4.90 Å². The molecule has 5 heteroatoms. The van der Waals surface area contributed by atoms with Crippen molar-refractivity contribution in [1.82, 2.24) is 0 Å². The fourth-order valence-corrected chi connectivity index (χ4v) is 3.88. The first-order valence-electron chi connectivity index (χ1n) is 9.04. The fraction of sp³-hybridized carbons (Fsp3) is 0.273. The van der Waals surface area contributed by atoms with E-state index >= 15 is 0 Å². The van der Waals surface area contributed by atoms with Crippen LogP contribution in [0.5, 0.6) is 5.75 Å². The van der Waals surface area contributed by atoms with Crippen molar-refractivity contribution in [3.63, 3.8) is 0 Å². The molecule has 1 aliphatic rings. The van der Waals surface area contributed by atoms with Crippen LogP contribution in [0.4, 0.5) is 5.69 Å². The lowest BCUT2D eigenvalue weighted by molar-refractivity contribution is -0.119. The Bertz CT molecular complexity index is 916. The lowest BCUT2D eigenvalue weighted by atomic mass is 10.1. The predicted molar refractivity (Wildman–Crippen MR) is 111 cm³/mol. The number of amides is 2. The molecule has 4 nitrogen and oxygen atoms in total. The summed E-state index contributed by atoms with van der Waals surface area (Å²) in [6, 6.07) is 13.0. The van der Waals surface area contributed by atoms with Crippen LogP contribution in [0.1, 0.15) is 30.5 Å². The SMILES string of the molecule is CCOc1ccc(C2=C(SCC)C(=O)N(c3ccc(C)c(C)c3)C2=O)cc1. The van der Waals surface area contributed by atoms with Gasteiger partial charge in [0, 0.05) is 0 Å². The molecule has 1 heterocycles. The van der Waals surface area contributed by atoms with Crippen LogP contribution in [-0.2, 0) is 9.59 Å². The molecule has 0 saturated heterocycles. The van der Waals surface area contributed by atoms with Crippen LogP contribution in [0.15, 0.2) is 47.4 Å². The summed E-state index contributed by atoms with van der Waals surface area (Å²) in [5.74, 6) is 0.937. The Morgan fingerprint density at radius 3 is 2.22 bits per heavy atom. The highest BCUT2D eigenvalue weighted by Gasteiger charge is 2.40. The number of anilines is 1. The van der Waals surface area contributed by atoms with Crippen LogP contribution < -0.4 is 9.64 Å². The van der Waals surface area contributed by atoms with Gasteiger partial charge in [0.2, 0.25) is 0 Å². The first kappa shape index (κ1) is 19.2. The second-order valence-electron chi connectivity index (χ2n) is 6.31. The Labute approximate surface area is 164 Å². The highest BCUT2D eigenvalue weighted by molar-refractivity contribution is 8.04. The van der Waals surface area contributed by atoms with Crippen molar-refractivity contribution in [2.75, 3.05) is 17.3 Å². The number of rotatable bonds is 6. The zero-order chi connectivity index (χ0) is 19.6. The number of ether oxygens (including phenoxy) is 1. The van der Waals surface area contributed by atoms with Crippen LogP contribution in [-0.4, -0.2) is 24.2 Å². The standard InChI is InChI=1S/C22H23NO3S/c1-5-26-18-11-8-16(9-12-18)19-20(27-6-2)22(25)23(21(19)24)17-10-7-14(3)15(4)13-17/h7-13H,5-6H2,1-4H3. The zero-order valence-corrected chi connectivity index (χ0v) is 16.9. The monoisotopic (exact) mass is 381 g/mol. The lowest BCUT2D eigenvalue weighted by Gasteiger charge is -2.16. The normalized spacial score (nSPS) is 14.3. The van der Waals surface area contributed by atoms with Crippen molar-refractivity contribution in [3.05, 3.63) is 64.1 Å². The molecule has 1 aliphatic heterocycles. The van der Waals surface area contributed by atoms with Crippen molar-refractivity contribution in [1.29, 1.82) is 0 Å². The topological polar surface area (TPSA) is 46.6 Å². The van der Waals surface area contributed by atoms with Gasteiger partial charge in [0.25, 0.3) is 11.8 Å². The highest BCUT2D eigenvalue weighted by Crippen LogP contribution is 2.39. The molecule has 0 saturated carbocycles. The van der Waals surface area contributed by atoms with E-state index in [0.29, 0.717) is 22.8 Å². The van der Waals surface area contributed by atoms with Gasteiger partial charge < -0.3 is 4.74 Å². The van der Waals surface area contributed by atoms with Gasteiger partial charge in [0.1, 0.15) is 5.75 Å². The Morgan fingerprint density at radius 1 is 0.926 bits per heavy atom. The fourth-order valence-electron chi connectivity index (χ4n) is 3.03. The smallest absolute Gasteiger partial charge is 0.272 e. The van der Waals surface area contributed by atoms with E-state index < -0.39 is 0 Å². The average molecular weight is 381 g/mol. The maximum Gasteiger partial charge on any atom is 0.272 e. The molecule has 0 radical (unpaired) electrons. The zero-order valence-electron chi connectivity index (χ0n) is 16.0. The molecule has 0 fully saturated rings. The van der Waals surface area contributed by atoms with Gasteiger partial charge in [0.05, 0.1) is 22.8 Å². The van der Waals surface area contributed by atoms with Crippen molar-refractivity contribution in [3.8, 4) is 5.75 Å². The first-order chi connectivity index (χ1) is 13.0. The maximum atomic E-state index is 13.2. The number of hydrogen-bond donors (Lipinski definition) is 0. The van der Waals surface area contributed by atoms with E-state index in [9.17, 15) is 9.59 Å². The summed E-state index contributed by atoms with van der Waals surface area (Å²) in [4.78, 5) is 28.1.